The number of aromatic nitrogens is 1. The number of hydrogen-bond donors (Lipinski definition) is 4. The van der Waals surface area contributed by atoms with Crippen molar-refractivity contribution in [2.24, 2.45) is 16.8 Å². The van der Waals surface area contributed by atoms with Crippen LogP contribution in [0, 0.1) is 5.82 Å². The molecule has 0 radical (unpaired) electrons. The zero-order chi connectivity index (χ0) is 33.0. The number of alkyl halides is 7. The number of thioether (sulfide) groups is 1. The number of likely N-dealkylation sites (tertiary alicyclic amines) is 1. The zero-order valence-electron chi connectivity index (χ0n) is 22.7. The molecule has 1 fully saturated rings. The molecule has 1 aliphatic rings. The summed E-state index contributed by atoms with van der Waals surface area (Å²) in [5.41, 5.74) is -0.736. The van der Waals surface area contributed by atoms with Gasteiger partial charge in [0.25, 0.3) is 5.91 Å². The maximum Gasteiger partial charge on any atom is 0.460 e. The summed E-state index contributed by atoms with van der Waals surface area (Å²) in [6, 6.07) is 3.42. The Hall–Kier alpha value is -3.95. The number of anilines is 1. The van der Waals surface area contributed by atoms with Gasteiger partial charge in [-0.05, 0) is 30.3 Å². The monoisotopic (exact) mass is 661 g/mol. The summed E-state index contributed by atoms with van der Waals surface area (Å²) in [5, 5.41) is 6.75. The molecule has 0 bridgehead atoms. The Labute approximate surface area is 247 Å². The summed E-state index contributed by atoms with van der Waals surface area (Å²) >= 11 is 0.779. The minimum Gasteiger partial charge on any atom is -0.453 e. The standard InChI is InChI=1S/C23H24F8N8O4S/c1-42-20(41)38-6-5-13(10-38)39(33)19(36-32)44-16-4-3-12(37-43-2)8-14(16)18(40)35-17-15(24)7-11(9-34-17)21(25,26)22(27,28)23(29,30)31/h3-4,7-9,13,37H,5-6,10,32-33H2,1-2H3,(H,34,35,40)/p+1/b36-19+. The van der Waals surface area contributed by atoms with E-state index in [4.69, 9.17) is 16.5 Å². The van der Waals surface area contributed by atoms with Crippen LogP contribution in [-0.2, 0) is 15.5 Å². The van der Waals surface area contributed by atoms with Crippen LogP contribution in [0.1, 0.15) is 22.3 Å². The third kappa shape index (κ3) is 7.05. The van der Waals surface area contributed by atoms with Crippen molar-refractivity contribution < 1.29 is 59.8 Å². The van der Waals surface area contributed by atoms with Crippen LogP contribution in [0.15, 0.2) is 40.5 Å². The van der Waals surface area contributed by atoms with Crippen molar-refractivity contribution in [1.82, 2.24) is 14.9 Å². The molecular formula is C23H25F8N8O4S+. The van der Waals surface area contributed by atoms with Crippen molar-refractivity contribution >= 4 is 40.4 Å². The Morgan fingerprint density at radius 3 is 2.43 bits per heavy atom. The molecule has 1 saturated heterocycles. The Morgan fingerprint density at radius 1 is 1.18 bits per heavy atom. The van der Waals surface area contributed by atoms with Crippen LogP contribution >= 0.6 is 11.8 Å². The van der Waals surface area contributed by atoms with E-state index in [0.717, 1.165) is 11.8 Å². The van der Waals surface area contributed by atoms with Gasteiger partial charge in [-0.3, -0.25) is 9.80 Å². The smallest absolute Gasteiger partial charge is 0.453 e. The van der Waals surface area contributed by atoms with Crippen LogP contribution in [0.2, 0.25) is 0 Å². The summed E-state index contributed by atoms with van der Waals surface area (Å²) in [6.07, 6.45) is -6.93. The fourth-order valence-corrected chi connectivity index (χ4v) is 4.82. The predicted molar refractivity (Wildman–Crippen MR) is 138 cm³/mol. The topological polar surface area (TPSA) is 165 Å². The summed E-state index contributed by atoms with van der Waals surface area (Å²) in [5.74, 6) is -4.68. The Bertz CT molecular complexity index is 1410. The molecule has 1 aromatic heterocycles. The number of benzene rings is 1. The van der Waals surface area contributed by atoms with E-state index < -0.39 is 53.3 Å². The lowest BCUT2D eigenvalue weighted by atomic mass is 10.0. The van der Waals surface area contributed by atoms with E-state index in [1.54, 1.807) is 0 Å². The number of nitrogens with one attached hydrogen (secondary N) is 1. The van der Waals surface area contributed by atoms with E-state index in [-0.39, 0.29) is 34.4 Å². The highest BCUT2D eigenvalue weighted by molar-refractivity contribution is 8.13. The molecule has 0 aliphatic carbocycles. The maximum atomic E-state index is 14.6. The normalized spacial score (nSPS) is 16.2. The number of amidine groups is 1. The van der Waals surface area contributed by atoms with E-state index in [1.165, 1.54) is 47.8 Å². The number of halogens is 8. The Morgan fingerprint density at radius 2 is 1.86 bits per heavy atom. The molecule has 2 amide bonds. The minimum absolute atomic E-state index is 0.0271. The number of carbonyl (C=O) groups excluding carboxylic acids is 2. The fourth-order valence-electron chi connectivity index (χ4n) is 3.92. The van der Waals surface area contributed by atoms with E-state index in [9.17, 15) is 44.7 Å². The van der Waals surface area contributed by atoms with Crippen LogP contribution in [0.5, 0.6) is 0 Å². The third-order valence-electron chi connectivity index (χ3n) is 6.21. The average Bonchev–Trinajstić information content (AvgIpc) is 3.46. The molecule has 2 aromatic rings. The summed E-state index contributed by atoms with van der Waals surface area (Å²) < 4.78 is 112. The highest BCUT2D eigenvalue weighted by Gasteiger charge is 2.73. The van der Waals surface area contributed by atoms with Gasteiger partial charge in [0.2, 0.25) is 5.17 Å². The lowest BCUT2D eigenvalue weighted by Gasteiger charge is -2.28. The van der Waals surface area contributed by atoms with Gasteiger partial charge in [0.15, 0.2) is 17.3 Å². The number of nitrogens with two attached hydrogens (primary N) is 3. The lowest BCUT2D eigenvalue weighted by Crippen LogP contribution is -2.76. The number of hydrogen-bond acceptors (Lipinski definition) is 9. The van der Waals surface area contributed by atoms with Crippen LogP contribution in [-0.4, -0.2) is 77.5 Å². The number of quaternary nitrogens is 1. The number of methoxy groups -OCH3 is 1. The number of amides is 2. The molecule has 7 N–H and O–H groups in total. The van der Waals surface area contributed by atoms with Gasteiger partial charge in [-0.25, -0.2) is 24.8 Å². The Balaban J connectivity index is 1.88. The molecule has 0 spiro atoms. The van der Waals surface area contributed by atoms with Gasteiger partial charge in [0.1, 0.15) is 0 Å². The van der Waals surface area contributed by atoms with Crippen molar-refractivity contribution in [3.63, 3.8) is 0 Å². The molecular weight excluding hydrogens is 636 g/mol. The lowest BCUT2D eigenvalue weighted by molar-refractivity contribution is -0.830. The first kappa shape index (κ1) is 34.5. The van der Waals surface area contributed by atoms with Crippen LogP contribution < -0.4 is 22.5 Å². The van der Waals surface area contributed by atoms with Crippen LogP contribution in [0.4, 0.5) is 51.4 Å². The number of pyridine rings is 1. The first-order valence-corrected chi connectivity index (χ1v) is 12.9. The molecule has 21 heteroatoms. The molecule has 242 valence electrons. The Kier molecular flexibility index (Phi) is 10.5. The number of hydrazone groups is 1. The quantitative estimate of drug-likeness (QED) is 0.0634. The van der Waals surface area contributed by atoms with Gasteiger partial charge in [-0.2, -0.15) is 41.3 Å². The highest BCUT2D eigenvalue weighted by atomic mass is 32.2. The van der Waals surface area contributed by atoms with Gasteiger partial charge in [-0.1, -0.05) is 0 Å². The third-order valence-corrected chi connectivity index (χ3v) is 7.29. The van der Waals surface area contributed by atoms with Gasteiger partial charge < -0.3 is 20.8 Å². The van der Waals surface area contributed by atoms with E-state index in [1.807, 2.05) is 5.32 Å². The molecule has 1 unspecified atom stereocenters. The fraction of sp³-hybridized carbons (Fsp3) is 0.391. The first-order chi connectivity index (χ1) is 20.5. The number of hydrazine groups is 1. The van der Waals surface area contributed by atoms with Crippen molar-refractivity contribution in [3.05, 3.63) is 47.4 Å². The zero-order valence-corrected chi connectivity index (χ0v) is 23.5. The summed E-state index contributed by atoms with van der Waals surface area (Å²) in [4.78, 5) is 34.6. The van der Waals surface area contributed by atoms with Crippen molar-refractivity contribution in [2.75, 3.05) is 32.6 Å². The molecule has 12 nitrogen and oxygen atoms in total. The second-order valence-corrected chi connectivity index (χ2v) is 10.1. The molecule has 2 heterocycles. The molecule has 0 saturated carbocycles. The number of carbonyl (C=O) groups is 2. The summed E-state index contributed by atoms with van der Waals surface area (Å²) in [7, 11) is 2.53. The average molecular weight is 662 g/mol. The van der Waals surface area contributed by atoms with Crippen LogP contribution in [0.3, 0.4) is 0 Å². The second kappa shape index (κ2) is 13.4. The van der Waals surface area contributed by atoms with Crippen molar-refractivity contribution in [3.8, 4) is 0 Å². The molecule has 1 aromatic carbocycles. The van der Waals surface area contributed by atoms with Gasteiger partial charge in [0.05, 0.1) is 25.8 Å². The van der Waals surface area contributed by atoms with E-state index in [2.05, 4.69) is 14.8 Å². The minimum atomic E-state index is -6.65. The van der Waals surface area contributed by atoms with Gasteiger partial charge in [-0.15, -0.1) is 0 Å². The number of rotatable bonds is 8. The highest BCUT2D eigenvalue weighted by Crippen LogP contribution is 2.51. The summed E-state index contributed by atoms with van der Waals surface area (Å²) in [6.45, 7) is 0.479. The SMILES string of the molecule is CO[NH2+]c1ccc(S/C(=N/N)N(N)C2CCN(C(=O)OC)C2)c(C(=O)Nc2ncc(C(F)(F)C(F)(F)C(F)(F)F)cc2F)c1. The van der Waals surface area contributed by atoms with E-state index >= 15 is 0 Å². The van der Waals surface area contributed by atoms with Crippen molar-refractivity contribution in [2.45, 2.75) is 35.4 Å². The molecule has 44 heavy (non-hydrogen) atoms. The number of ether oxygens (including phenoxy) is 1. The molecule has 1 atom stereocenters. The van der Waals surface area contributed by atoms with Crippen molar-refractivity contribution in [1.29, 1.82) is 0 Å². The maximum absolute atomic E-state index is 14.6. The molecule has 1 aliphatic heterocycles. The predicted octanol–water partition coefficient (Wildman–Crippen LogP) is 2.86. The van der Waals surface area contributed by atoms with Gasteiger partial charge in [0, 0.05) is 41.9 Å². The number of nitrogens with zero attached hydrogens (tertiary/aromatic N) is 4. The first-order valence-electron chi connectivity index (χ1n) is 12.1. The molecule has 3 rings (SSSR count). The largest absolute Gasteiger partial charge is 0.460 e. The van der Waals surface area contributed by atoms with Gasteiger partial charge >= 0.3 is 24.1 Å². The van der Waals surface area contributed by atoms with Crippen LogP contribution in [0.25, 0.3) is 0 Å². The van der Waals surface area contributed by atoms with E-state index in [0.29, 0.717) is 18.7 Å². The second-order valence-electron chi connectivity index (χ2n) is 9.04.